The van der Waals surface area contributed by atoms with Crippen LogP contribution in [0.3, 0.4) is 0 Å². The SMILES string of the molecule is CCCC(C)C(I)CC. The first kappa shape index (κ1) is 9.73. The molecule has 0 heterocycles. The molecule has 0 aliphatic heterocycles. The van der Waals surface area contributed by atoms with Crippen LogP contribution < -0.4 is 0 Å². The monoisotopic (exact) mass is 240 g/mol. The van der Waals surface area contributed by atoms with Gasteiger partial charge >= 0.3 is 0 Å². The van der Waals surface area contributed by atoms with E-state index in [1.54, 1.807) is 0 Å². The van der Waals surface area contributed by atoms with Crippen molar-refractivity contribution >= 4 is 22.6 Å². The molecule has 0 aromatic heterocycles. The van der Waals surface area contributed by atoms with E-state index < -0.39 is 0 Å². The van der Waals surface area contributed by atoms with Gasteiger partial charge in [0, 0.05) is 3.92 Å². The van der Waals surface area contributed by atoms with Crippen molar-refractivity contribution in [3.63, 3.8) is 0 Å². The molecule has 0 N–H and O–H groups in total. The average Bonchev–Trinajstić information content (AvgIpc) is 1.87. The van der Waals surface area contributed by atoms with E-state index in [0.29, 0.717) is 0 Å². The van der Waals surface area contributed by atoms with E-state index in [2.05, 4.69) is 43.4 Å². The summed E-state index contributed by atoms with van der Waals surface area (Å²) in [5, 5.41) is 0. The molecular weight excluding hydrogens is 223 g/mol. The third-order valence-electron chi connectivity index (χ3n) is 1.75. The third kappa shape index (κ3) is 4.18. The highest BCUT2D eigenvalue weighted by Crippen LogP contribution is 2.20. The zero-order valence-electron chi connectivity index (χ0n) is 6.65. The van der Waals surface area contributed by atoms with Crippen molar-refractivity contribution in [3.05, 3.63) is 0 Å². The Morgan fingerprint density at radius 3 is 2.22 bits per heavy atom. The lowest BCUT2D eigenvalue weighted by atomic mass is 10.0. The average molecular weight is 240 g/mol. The maximum atomic E-state index is 2.55. The van der Waals surface area contributed by atoms with E-state index in [9.17, 15) is 0 Å². The van der Waals surface area contributed by atoms with Crippen LogP contribution in [0.2, 0.25) is 0 Å². The van der Waals surface area contributed by atoms with E-state index in [4.69, 9.17) is 0 Å². The first-order valence-electron chi connectivity index (χ1n) is 3.86. The predicted molar refractivity (Wildman–Crippen MR) is 52.2 cm³/mol. The van der Waals surface area contributed by atoms with Gasteiger partial charge < -0.3 is 0 Å². The Hall–Kier alpha value is 0.730. The van der Waals surface area contributed by atoms with Gasteiger partial charge in [0.1, 0.15) is 0 Å². The number of hydrogen-bond acceptors (Lipinski definition) is 0. The summed E-state index contributed by atoms with van der Waals surface area (Å²) in [5.74, 6) is 0.917. The van der Waals surface area contributed by atoms with Gasteiger partial charge in [0.05, 0.1) is 0 Å². The molecule has 0 saturated heterocycles. The Morgan fingerprint density at radius 2 is 1.89 bits per heavy atom. The molecule has 0 saturated carbocycles. The molecule has 56 valence electrons. The molecule has 0 spiro atoms. The molecular formula is C8H17I. The van der Waals surface area contributed by atoms with Gasteiger partial charge in [-0.1, -0.05) is 49.8 Å². The smallest absolute Gasteiger partial charge is 0.0133 e. The Balaban J connectivity index is 3.32. The van der Waals surface area contributed by atoms with Crippen LogP contribution in [0.15, 0.2) is 0 Å². The molecule has 1 heteroatoms. The maximum Gasteiger partial charge on any atom is 0.0133 e. The molecule has 0 aliphatic rings. The van der Waals surface area contributed by atoms with E-state index in [1.807, 2.05) is 0 Å². The second kappa shape index (κ2) is 5.51. The minimum Gasteiger partial charge on any atom is -0.0823 e. The van der Waals surface area contributed by atoms with Gasteiger partial charge in [-0.25, -0.2) is 0 Å². The summed E-state index contributed by atoms with van der Waals surface area (Å²) < 4.78 is 0.891. The summed E-state index contributed by atoms with van der Waals surface area (Å²) in [6.45, 7) is 6.88. The number of hydrogen-bond donors (Lipinski definition) is 0. The lowest BCUT2D eigenvalue weighted by Crippen LogP contribution is -2.08. The summed E-state index contributed by atoms with van der Waals surface area (Å²) in [6, 6.07) is 0. The van der Waals surface area contributed by atoms with Crippen molar-refractivity contribution in [1.29, 1.82) is 0 Å². The van der Waals surface area contributed by atoms with Crippen LogP contribution in [0.4, 0.5) is 0 Å². The standard InChI is InChI=1S/C8H17I/c1-4-6-7(3)8(9)5-2/h7-8H,4-6H2,1-3H3. The van der Waals surface area contributed by atoms with Crippen LogP contribution in [0.25, 0.3) is 0 Å². The number of alkyl halides is 1. The first-order chi connectivity index (χ1) is 4.22. The quantitative estimate of drug-likeness (QED) is 0.520. The molecule has 0 aromatic rings. The second-order valence-corrected chi connectivity index (χ2v) is 4.29. The van der Waals surface area contributed by atoms with E-state index >= 15 is 0 Å². The van der Waals surface area contributed by atoms with Gasteiger partial charge in [-0.05, 0) is 18.8 Å². The lowest BCUT2D eigenvalue weighted by molar-refractivity contribution is 0.507. The highest BCUT2D eigenvalue weighted by molar-refractivity contribution is 14.1. The molecule has 2 unspecified atom stereocenters. The fraction of sp³-hybridized carbons (Fsp3) is 1.00. The van der Waals surface area contributed by atoms with E-state index in [0.717, 1.165) is 9.84 Å². The van der Waals surface area contributed by atoms with E-state index in [1.165, 1.54) is 19.3 Å². The molecule has 0 amide bonds. The minimum absolute atomic E-state index is 0.891. The van der Waals surface area contributed by atoms with Gasteiger partial charge in [-0.3, -0.25) is 0 Å². The predicted octanol–water partition coefficient (Wildman–Crippen LogP) is 3.64. The lowest BCUT2D eigenvalue weighted by Gasteiger charge is -2.14. The maximum absolute atomic E-state index is 2.55. The molecule has 0 radical (unpaired) electrons. The molecule has 0 bridgehead atoms. The van der Waals surface area contributed by atoms with Crippen LogP contribution in [0.1, 0.15) is 40.0 Å². The summed E-state index contributed by atoms with van der Waals surface area (Å²) >= 11 is 2.55. The Kier molecular flexibility index (Phi) is 5.96. The molecule has 0 aromatic carbocycles. The largest absolute Gasteiger partial charge is 0.0823 e. The van der Waals surface area contributed by atoms with Crippen molar-refractivity contribution in [1.82, 2.24) is 0 Å². The molecule has 2 atom stereocenters. The van der Waals surface area contributed by atoms with Crippen LogP contribution in [-0.4, -0.2) is 3.92 Å². The van der Waals surface area contributed by atoms with Crippen LogP contribution >= 0.6 is 22.6 Å². The first-order valence-corrected chi connectivity index (χ1v) is 5.11. The fourth-order valence-corrected chi connectivity index (χ4v) is 1.40. The van der Waals surface area contributed by atoms with Gasteiger partial charge in [-0.2, -0.15) is 0 Å². The molecule has 0 nitrogen and oxygen atoms in total. The van der Waals surface area contributed by atoms with E-state index in [-0.39, 0.29) is 0 Å². The van der Waals surface area contributed by atoms with Gasteiger partial charge in [0.15, 0.2) is 0 Å². The highest BCUT2D eigenvalue weighted by atomic mass is 127. The summed E-state index contributed by atoms with van der Waals surface area (Å²) in [5.41, 5.74) is 0. The third-order valence-corrected chi connectivity index (χ3v) is 3.86. The number of rotatable bonds is 4. The molecule has 0 rings (SSSR count). The summed E-state index contributed by atoms with van der Waals surface area (Å²) in [4.78, 5) is 0. The summed E-state index contributed by atoms with van der Waals surface area (Å²) in [6.07, 6.45) is 4.05. The van der Waals surface area contributed by atoms with Crippen molar-refractivity contribution in [2.24, 2.45) is 5.92 Å². The van der Waals surface area contributed by atoms with Crippen LogP contribution in [-0.2, 0) is 0 Å². The fourth-order valence-electron chi connectivity index (χ4n) is 1.04. The summed E-state index contributed by atoms with van der Waals surface area (Å²) in [7, 11) is 0. The molecule has 0 aliphatic carbocycles. The number of halogens is 1. The van der Waals surface area contributed by atoms with Gasteiger partial charge in [-0.15, -0.1) is 0 Å². The Morgan fingerprint density at radius 1 is 1.33 bits per heavy atom. The topological polar surface area (TPSA) is 0 Å². The van der Waals surface area contributed by atoms with Gasteiger partial charge in [0.2, 0.25) is 0 Å². The normalized spacial score (nSPS) is 17.3. The van der Waals surface area contributed by atoms with Crippen LogP contribution in [0, 0.1) is 5.92 Å². The van der Waals surface area contributed by atoms with Crippen molar-refractivity contribution in [2.45, 2.75) is 44.0 Å². The van der Waals surface area contributed by atoms with Crippen molar-refractivity contribution < 1.29 is 0 Å². The highest BCUT2D eigenvalue weighted by Gasteiger charge is 2.09. The second-order valence-electron chi connectivity index (χ2n) is 2.69. The van der Waals surface area contributed by atoms with Crippen LogP contribution in [0.5, 0.6) is 0 Å². The zero-order valence-corrected chi connectivity index (χ0v) is 8.81. The Bertz CT molecular complexity index is 61.6. The minimum atomic E-state index is 0.891. The Labute approximate surface area is 72.6 Å². The van der Waals surface area contributed by atoms with Gasteiger partial charge in [0.25, 0.3) is 0 Å². The van der Waals surface area contributed by atoms with Crippen molar-refractivity contribution in [2.75, 3.05) is 0 Å². The van der Waals surface area contributed by atoms with Crippen molar-refractivity contribution in [3.8, 4) is 0 Å². The zero-order chi connectivity index (χ0) is 7.28. The molecule has 0 fully saturated rings. The molecule has 9 heavy (non-hydrogen) atoms.